The Bertz CT molecular complexity index is 209. The summed E-state index contributed by atoms with van der Waals surface area (Å²) < 4.78 is 4.70. The topological polar surface area (TPSA) is 69.4 Å². The summed E-state index contributed by atoms with van der Waals surface area (Å²) in [6.07, 6.45) is 2.22. The summed E-state index contributed by atoms with van der Waals surface area (Å²) >= 11 is 0. The van der Waals surface area contributed by atoms with Crippen LogP contribution >= 0.6 is 0 Å². The molecule has 0 heterocycles. The number of primary amides is 1. The maximum absolute atomic E-state index is 10.4. The standard InChI is InChI=1S/C7H12O2.C3H5NO/c1-4-7(8)9-5-6(2)3;1-2-3(4)5/h4,6H,1,5H2,2-3H3;2H,1H2,(H2,4,5). The van der Waals surface area contributed by atoms with Crippen LogP contribution in [-0.2, 0) is 14.3 Å². The van der Waals surface area contributed by atoms with Gasteiger partial charge in [-0.15, -0.1) is 0 Å². The van der Waals surface area contributed by atoms with Gasteiger partial charge in [-0.2, -0.15) is 0 Å². The monoisotopic (exact) mass is 199 g/mol. The van der Waals surface area contributed by atoms with Crippen LogP contribution in [0.3, 0.4) is 0 Å². The van der Waals surface area contributed by atoms with Crippen molar-refractivity contribution in [3.63, 3.8) is 0 Å². The van der Waals surface area contributed by atoms with Crippen molar-refractivity contribution in [1.29, 1.82) is 0 Å². The van der Waals surface area contributed by atoms with Gasteiger partial charge in [0.15, 0.2) is 0 Å². The van der Waals surface area contributed by atoms with E-state index >= 15 is 0 Å². The van der Waals surface area contributed by atoms with Crippen molar-refractivity contribution in [2.45, 2.75) is 13.8 Å². The molecule has 0 bridgehead atoms. The van der Waals surface area contributed by atoms with Crippen LogP contribution in [0.15, 0.2) is 25.3 Å². The Labute approximate surface area is 84.4 Å². The molecule has 0 saturated heterocycles. The molecule has 0 aromatic rings. The highest BCUT2D eigenvalue weighted by molar-refractivity contribution is 5.85. The number of rotatable bonds is 4. The zero-order chi connectivity index (χ0) is 11.6. The van der Waals surface area contributed by atoms with E-state index < -0.39 is 5.91 Å². The Morgan fingerprint density at radius 1 is 1.36 bits per heavy atom. The second-order valence-electron chi connectivity index (χ2n) is 2.83. The fraction of sp³-hybridized carbons (Fsp3) is 0.400. The summed E-state index contributed by atoms with van der Waals surface area (Å²) in [5.41, 5.74) is 4.53. The summed E-state index contributed by atoms with van der Waals surface area (Å²) in [5.74, 6) is -0.428. The quantitative estimate of drug-likeness (QED) is 0.543. The number of hydrogen-bond donors (Lipinski definition) is 1. The lowest BCUT2D eigenvalue weighted by Crippen LogP contribution is -2.06. The average molecular weight is 199 g/mol. The normalized spacial score (nSPS) is 8.21. The number of ether oxygens (including phenoxy) is 1. The first-order valence-corrected chi connectivity index (χ1v) is 4.15. The van der Waals surface area contributed by atoms with Crippen LogP contribution < -0.4 is 5.73 Å². The van der Waals surface area contributed by atoms with Crippen LogP contribution in [0.25, 0.3) is 0 Å². The lowest BCUT2D eigenvalue weighted by molar-refractivity contribution is -0.138. The van der Waals surface area contributed by atoms with E-state index in [0.717, 1.165) is 6.08 Å². The Morgan fingerprint density at radius 3 is 2.00 bits per heavy atom. The number of carbonyl (C=O) groups is 2. The summed E-state index contributed by atoms with van der Waals surface area (Å²) in [7, 11) is 0. The molecule has 0 atom stereocenters. The zero-order valence-electron chi connectivity index (χ0n) is 8.66. The second kappa shape index (κ2) is 9.51. The molecule has 0 aliphatic rings. The lowest BCUT2D eigenvalue weighted by Gasteiger charge is -2.02. The highest BCUT2D eigenvalue weighted by Crippen LogP contribution is 1.92. The molecule has 1 amide bonds. The van der Waals surface area contributed by atoms with Gasteiger partial charge in [-0.1, -0.05) is 27.0 Å². The third-order valence-electron chi connectivity index (χ3n) is 0.927. The van der Waals surface area contributed by atoms with E-state index in [1.807, 2.05) is 13.8 Å². The zero-order valence-corrected chi connectivity index (χ0v) is 8.66. The lowest BCUT2D eigenvalue weighted by atomic mass is 10.2. The molecule has 0 fully saturated rings. The Balaban J connectivity index is 0. The van der Waals surface area contributed by atoms with Crippen molar-refractivity contribution in [2.75, 3.05) is 6.61 Å². The molecule has 4 heteroatoms. The molecule has 0 saturated carbocycles. The molecule has 0 rings (SSSR count). The van der Waals surface area contributed by atoms with Gasteiger partial charge in [0.2, 0.25) is 5.91 Å². The first-order valence-electron chi connectivity index (χ1n) is 4.15. The van der Waals surface area contributed by atoms with Gasteiger partial charge >= 0.3 is 5.97 Å². The first kappa shape index (κ1) is 14.9. The van der Waals surface area contributed by atoms with Crippen molar-refractivity contribution < 1.29 is 14.3 Å². The maximum atomic E-state index is 10.4. The predicted octanol–water partition coefficient (Wildman–Crippen LogP) is 1.03. The third-order valence-corrected chi connectivity index (χ3v) is 0.927. The highest BCUT2D eigenvalue weighted by atomic mass is 16.5. The van der Waals surface area contributed by atoms with Crippen molar-refractivity contribution in [3.8, 4) is 0 Å². The SMILES string of the molecule is C=CC(=O)OCC(C)C.C=CC(N)=O. The molecule has 0 radical (unpaired) electrons. The van der Waals surface area contributed by atoms with E-state index in [9.17, 15) is 9.59 Å². The highest BCUT2D eigenvalue weighted by Gasteiger charge is 1.96. The van der Waals surface area contributed by atoms with Gasteiger partial charge in [0.25, 0.3) is 0 Å². The van der Waals surface area contributed by atoms with Crippen LogP contribution in [0, 0.1) is 5.92 Å². The van der Waals surface area contributed by atoms with Crippen molar-refractivity contribution in [1.82, 2.24) is 0 Å². The molecule has 4 nitrogen and oxygen atoms in total. The van der Waals surface area contributed by atoms with E-state index in [0.29, 0.717) is 12.5 Å². The van der Waals surface area contributed by atoms with Gasteiger partial charge in [-0.05, 0) is 12.0 Å². The molecule has 0 aliphatic carbocycles. The fourth-order valence-electron chi connectivity index (χ4n) is 0.308. The fourth-order valence-corrected chi connectivity index (χ4v) is 0.308. The van der Waals surface area contributed by atoms with E-state index in [1.165, 1.54) is 6.08 Å². The van der Waals surface area contributed by atoms with E-state index in [2.05, 4.69) is 18.9 Å². The van der Waals surface area contributed by atoms with Crippen molar-refractivity contribution >= 4 is 11.9 Å². The van der Waals surface area contributed by atoms with Gasteiger partial charge in [0.1, 0.15) is 0 Å². The van der Waals surface area contributed by atoms with E-state index in [4.69, 9.17) is 4.74 Å². The van der Waals surface area contributed by atoms with Gasteiger partial charge in [-0.3, -0.25) is 4.79 Å². The predicted molar refractivity (Wildman–Crippen MR) is 55.4 cm³/mol. The molecular formula is C10H17NO3. The summed E-state index contributed by atoms with van der Waals surface area (Å²) in [4.78, 5) is 19.8. The maximum Gasteiger partial charge on any atom is 0.330 e. The Morgan fingerprint density at radius 2 is 1.79 bits per heavy atom. The Kier molecular flexibility index (Phi) is 10.1. The molecule has 0 aromatic heterocycles. The molecule has 2 N–H and O–H groups in total. The number of nitrogens with two attached hydrogens (primary N) is 1. The van der Waals surface area contributed by atoms with Crippen molar-refractivity contribution in [3.05, 3.63) is 25.3 Å². The number of hydrogen-bond acceptors (Lipinski definition) is 3. The molecule has 14 heavy (non-hydrogen) atoms. The molecule has 0 spiro atoms. The minimum absolute atomic E-state index is 0.344. The van der Waals surface area contributed by atoms with Crippen LogP contribution in [0.2, 0.25) is 0 Å². The molecular weight excluding hydrogens is 182 g/mol. The molecule has 0 aliphatic heterocycles. The van der Waals surface area contributed by atoms with Gasteiger partial charge in [-0.25, -0.2) is 4.79 Å². The van der Waals surface area contributed by atoms with Crippen LogP contribution in [0.4, 0.5) is 0 Å². The number of amides is 1. The third kappa shape index (κ3) is 16.8. The smallest absolute Gasteiger partial charge is 0.330 e. The first-order chi connectivity index (χ1) is 6.43. The van der Waals surface area contributed by atoms with Crippen LogP contribution in [0.5, 0.6) is 0 Å². The summed E-state index contributed by atoms with van der Waals surface area (Å²) in [5, 5.41) is 0. The van der Waals surface area contributed by atoms with Gasteiger partial charge < -0.3 is 10.5 Å². The average Bonchev–Trinajstić information content (AvgIpc) is 2.14. The van der Waals surface area contributed by atoms with Gasteiger partial charge in [0, 0.05) is 6.08 Å². The molecule has 0 unspecified atom stereocenters. The van der Waals surface area contributed by atoms with Gasteiger partial charge in [0.05, 0.1) is 6.61 Å². The minimum Gasteiger partial charge on any atom is -0.462 e. The summed E-state index contributed by atoms with van der Waals surface area (Å²) in [6.45, 7) is 10.8. The molecule has 80 valence electrons. The van der Waals surface area contributed by atoms with Crippen LogP contribution in [-0.4, -0.2) is 18.5 Å². The minimum atomic E-state index is -0.481. The van der Waals surface area contributed by atoms with Crippen molar-refractivity contribution in [2.24, 2.45) is 11.7 Å². The number of esters is 1. The van der Waals surface area contributed by atoms with Crippen LogP contribution in [0.1, 0.15) is 13.8 Å². The Hall–Kier alpha value is -1.58. The van der Waals surface area contributed by atoms with E-state index in [1.54, 1.807) is 0 Å². The number of carbonyl (C=O) groups excluding carboxylic acids is 2. The molecule has 0 aromatic carbocycles. The van der Waals surface area contributed by atoms with E-state index in [-0.39, 0.29) is 5.97 Å². The largest absolute Gasteiger partial charge is 0.462 e. The second-order valence-corrected chi connectivity index (χ2v) is 2.83. The summed E-state index contributed by atoms with van der Waals surface area (Å²) in [6, 6.07) is 0.